The highest BCUT2D eigenvalue weighted by Gasteiger charge is 2.35. The minimum atomic E-state index is 0.135. The van der Waals surface area contributed by atoms with Gasteiger partial charge in [0.05, 0.1) is 30.0 Å². The molecule has 1 fully saturated rings. The van der Waals surface area contributed by atoms with E-state index >= 15 is 0 Å². The molecule has 9 heteroatoms. The third-order valence-electron chi connectivity index (χ3n) is 7.15. The molecule has 0 aromatic carbocycles. The van der Waals surface area contributed by atoms with Gasteiger partial charge in [-0.1, -0.05) is 0 Å². The second-order valence-corrected chi connectivity index (χ2v) is 9.50. The molecule has 0 amide bonds. The number of fused-ring (bicyclic) bond motifs is 4. The summed E-state index contributed by atoms with van der Waals surface area (Å²) in [4.78, 5) is 28.8. The Bertz CT molecular complexity index is 1270. The molecule has 2 atom stereocenters. The van der Waals surface area contributed by atoms with E-state index in [1.807, 2.05) is 18.2 Å². The van der Waals surface area contributed by atoms with Crippen LogP contribution in [-0.4, -0.2) is 72.1 Å². The van der Waals surface area contributed by atoms with Gasteiger partial charge in [0.25, 0.3) is 0 Å². The van der Waals surface area contributed by atoms with Gasteiger partial charge < -0.3 is 24.4 Å². The number of ether oxygens (including phenoxy) is 3. The van der Waals surface area contributed by atoms with Crippen LogP contribution in [-0.2, 0) is 6.54 Å². The van der Waals surface area contributed by atoms with Gasteiger partial charge in [-0.05, 0) is 37.1 Å². The van der Waals surface area contributed by atoms with Crippen LogP contribution in [0, 0.1) is 5.92 Å². The smallest absolute Gasteiger partial charge is 0.213 e. The van der Waals surface area contributed by atoms with Gasteiger partial charge in [0.1, 0.15) is 13.2 Å². The lowest BCUT2D eigenvalue weighted by atomic mass is 9.99. The van der Waals surface area contributed by atoms with E-state index in [9.17, 15) is 4.79 Å². The van der Waals surface area contributed by atoms with E-state index in [0.717, 1.165) is 66.4 Å². The number of carbonyl (C=O) groups is 1. The molecule has 0 spiro atoms. The van der Waals surface area contributed by atoms with Crippen molar-refractivity contribution >= 4 is 16.8 Å². The number of nitrogens with zero attached hydrogens (tertiary/aromatic N) is 4. The van der Waals surface area contributed by atoms with Crippen LogP contribution < -0.4 is 19.5 Å². The third kappa shape index (κ3) is 4.41. The Balaban J connectivity index is 1.07. The summed E-state index contributed by atoms with van der Waals surface area (Å²) in [7, 11) is 1.61. The minimum absolute atomic E-state index is 0.135. The van der Waals surface area contributed by atoms with Crippen LogP contribution in [0.5, 0.6) is 17.4 Å². The molecule has 0 unspecified atom stereocenters. The molecule has 3 aliphatic rings. The maximum absolute atomic E-state index is 12.7. The van der Waals surface area contributed by atoms with E-state index in [1.54, 1.807) is 19.5 Å². The summed E-state index contributed by atoms with van der Waals surface area (Å²) in [6.45, 7) is 5.69. The molecule has 0 radical (unpaired) electrons. The summed E-state index contributed by atoms with van der Waals surface area (Å²) in [6.07, 6.45) is 5.12. The highest BCUT2D eigenvalue weighted by molar-refractivity contribution is 6.05. The molecule has 5 heterocycles. The number of likely N-dealkylation sites (tertiary alicyclic amines) is 1. The first kappa shape index (κ1) is 22.2. The van der Waals surface area contributed by atoms with Crippen LogP contribution in [0.25, 0.3) is 11.0 Å². The molecule has 1 aliphatic carbocycles. The molecule has 35 heavy (non-hydrogen) atoms. The maximum atomic E-state index is 12.7. The van der Waals surface area contributed by atoms with Gasteiger partial charge in [0.15, 0.2) is 17.3 Å². The monoisotopic (exact) mass is 475 g/mol. The molecular formula is C26H29N5O4. The first-order chi connectivity index (χ1) is 17.2. The fraction of sp³-hybridized carbons (Fsp3) is 0.462. The quantitative estimate of drug-likeness (QED) is 0.553. The maximum Gasteiger partial charge on any atom is 0.213 e. The first-order valence-electron chi connectivity index (χ1n) is 12.2. The topological polar surface area (TPSA) is 98.7 Å². The third-order valence-corrected chi connectivity index (χ3v) is 7.15. The van der Waals surface area contributed by atoms with E-state index in [-0.39, 0.29) is 11.7 Å². The zero-order chi connectivity index (χ0) is 23.8. The lowest BCUT2D eigenvalue weighted by molar-refractivity contribution is 0.0984. The molecule has 6 rings (SSSR count). The number of methoxy groups -OCH3 is 1. The van der Waals surface area contributed by atoms with E-state index in [0.29, 0.717) is 43.5 Å². The van der Waals surface area contributed by atoms with Crippen LogP contribution in [0.3, 0.4) is 0 Å². The second kappa shape index (κ2) is 9.39. The number of nitrogens with one attached hydrogen (secondary N) is 1. The van der Waals surface area contributed by atoms with Crippen LogP contribution in [0.4, 0.5) is 0 Å². The Morgan fingerprint density at radius 2 is 2.06 bits per heavy atom. The summed E-state index contributed by atoms with van der Waals surface area (Å²) < 4.78 is 16.5. The number of hydrogen-bond donors (Lipinski definition) is 1. The van der Waals surface area contributed by atoms with Gasteiger partial charge in [0.2, 0.25) is 5.88 Å². The fourth-order valence-corrected chi connectivity index (χ4v) is 5.46. The number of carbonyl (C=O) groups excluding carboxylic acids is 1. The summed E-state index contributed by atoms with van der Waals surface area (Å²) >= 11 is 0. The predicted octanol–water partition coefficient (Wildman–Crippen LogP) is 2.59. The number of aromatic nitrogens is 3. The largest absolute Gasteiger partial charge is 0.486 e. The zero-order valence-corrected chi connectivity index (χ0v) is 19.8. The van der Waals surface area contributed by atoms with Gasteiger partial charge in [0, 0.05) is 55.9 Å². The Kier molecular flexibility index (Phi) is 5.95. The zero-order valence-electron chi connectivity index (χ0n) is 19.8. The van der Waals surface area contributed by atoms with Crippen molar-refractivity contribution in [1.82, 2.24) is 25.2 Å². The van der Waals surface area contributed by atoms with Crippen molar-refractivity contribution in [2.75, 3.05) is 46.5 Å². The number of pyridine rings is 3. The Morgan fingerprint density at radius 3 is 2.94 bits per heavy atom. The normalized spacial score (nSPS) is 21.5. The Morgan fingerprint density at radius 1 is 1.17 bits per heavy atom. The van der Waals surface area contributed by atoms with E-state index in [4.69, 9.17) is 14.2 Å². The predicted molar refractivity (Wildman–Crippen MR) is 129 cm³/mol. The van der Waals surface area contributed by atoms with Crippen molar-refractivity contribution in [1.29, 1.82) is 0 Å². The number of hydrogen-bond acceptors (Lipinski definition) is 9. The van der Waals surface area contributed by atoms with Gasteiger partial charge in [-0.3, -0.25) is 14.8 Å². The molecule has 3 aromatic rings. The van der Waals surface area contributed by atoms with Crippen LogP contribution in [0.2, 0.25) is 0 Å². The average Bonchev–Trinajstić information content (AvgIpc) is 3.47. The second-order valence-electron chi connectivity index (χ2n) is 9.50. The summed E-state index contributed by atoms with van der Waals surface area (Å²) in [5, 5.41) is 3.55. The number of rotatable bonds is 7. The van der Waals surface area contributed by atoms with Gasteiger partial charge in [-0.25, -0.2) is 4.98 Å². The van der Waals surface area contributed by atoms with Crippen LogP contribution in [0.1, 0.15) is 40.4 Å². The van der Waals surface area contributed by atoms with Crippen molar-refractivity contribution in [3.8, 4) is 17.4 Å². The van der Waals surface area contributed by atoms with Crippen molar-refractivity contribution in [3.05, 3.63) is 47.4 Å². The number of ketones is 1. The Labute approximate surface area is 203 Å². The molecule has 182 valence electrons. The highest BCUT2D eigenvalue weighted by atomic mass is 16.6. The molecule has 3 aromatic heterocycles. The fourth-order valence-electron chi connectivity index (χ4n) is 5.46. The van der Waals surface area contributed by atoms with Crippen LogP contribution >= 0.6 is 0 Å². The standard InChI is InChI=1S/C26H29N5O4/c1-33-24-3-2-20-26(30-24)25-17(8-21(32)19(25)12-29-20)15-31-5-4-16(14-31)10-27-11-18-9-22-23(13-28-18)35-7-6-34-22/h2-3,9,12-13,16-17,27H,4-8,10-11,14-15H2,1H3/t16-,17+/m0/s1. The molecule has 9 nitrogen and oxygen atoms in total. The average molecular weight is 476 g/mol. The first-order valence-corrected chi connectivity index (χ1v) is 12.2. The lowest BCUT2D eigenvalue weighted by Gasteiger charge is -2.21. The van der Waals surface area contributed by atoms with E-state index in [1.165, 1.54) is 0 Å². The Hall–Kier alpha value is -3.30. The van der Waals surface area contributed by atoms with E-state index < -0.39 is 0 Å². The van der Waals surface area contributed by atoms with Crippen molar-refractivity contribution in [2.24, 2.45) is 5.92 Å². The molecular weight excluding hydrogens is 446 g/mol. The summed E-state index contributed by atoms with van der Waals surface area (Å²) in [5.41, 5.74) is 4.30. The highest BCUT2D eigenvalue weighted by Crippen LogP contribution is 2.38. The molecule has 0 bridgehead atoms. The van der Waals surface area contributed by atoms with Gasteiger partial charge >= 0.3 is 0 Å². The number of Topliss-reactive ketones (excluding diaryl/α,β-unsaturated/α-hetero) is 1. The summed E-state index contributed by atoms with van der Waals surface area (Å²) in [5.74, 6) is 2.90. The molecule has 0 saturated carbocycles. The lowest BCUT2D eigenvalue weighted by Crippen LogP contribution is -2.29. The molecule has 1 N–H and O–H groups in total. The molecule has 1 saturated heterocycles. The van der Waals surface area contributed by atoms with Gasteiger partial charge in [-0.2, -0.15) is 0 Å². The summed E-state index contributed by atoms with van der Waals surface area (Å²) in [6, 6.07) is 5.68. The minimum Gasteiger partial charge on any atom is -0.486 e. The van der Waals surface area contributed by atoms with Crippen molar-refractivity contribution in [2.45, 2.75) is 25.3 Å². The molecule has 2 aliphatic heterocycles. The SMILES string of the molecule is COc1ccc2ncc3c(c2n1)[C@@H](CN1CC[C@@H](CNCc2cc4c(cn2)OCCO4)C1)CC3=O. The van der Waals surface area contributed by atoms with Crippen molar-refractivity contribution in [3.63, 3.8) is 0 Å². The van der Waals surface area contributed by atoms with Gasteiger partial charge in [-0.15, -0.1) is 0 Å². The van der Waals surface area contributed by atoms with E-state index in [2.05, 4.69) is 25.2 Å². The van der Waals surface area contributed by atoms with Crippen LogP contribution in [0.15, 0.2) is 30.6 Å². The van der Waals surface area contributed by atoms with Crippen molar-refractivity contribution < 1.29 is 19.0 Å².